The molecule has 0 atom stereocenters. The zero-order chi connectivity index (χ0) is 6.85. The van der Waals surface area contributed by atoms with E-state index in [-0.39, 0.29) is 0 Å². The Bertz CT molecular complexity index is 223. The van der Waals surface area contributed by atoms with Gasteiger partial charge in [-0.3, -0.25) is 4.68 Å². The first-order chi connectivity index (χ1) is 4.25. The Kier molecular flexibility index (Phi) is 1.39. The van der Waals surface area contributed by atoms with Gasteiger partial charge in [0.1, 0.15) is 0 Å². The summed E-state index contributed by atoms with van der Waals surface area (Å²) in [6.07, 6.45) is 3.62. The summed E-state index contributed by atoms with van der Waals surface area (Å²) in [6.45, 7) is 5.67. The van der Waals surface area contributed by atoms with Crippen LogP contribution >= 0.6 is 0 Å². The zero-order valence-electron chi connectivity index (χ0n) is 5.76. The van der Waals surface area contributed by atoms with Crippen molar-refractivity contribution in [3.63, 3.8) is 0 Å². The summed E-state index contributed by atoms with van der Waals surface area (Å²) < 4.78 is 1.83. The van der Waals surface area contributed by atoms with Crippen molar-refractivity contribution in [2.24, 2.45) is 7.05 Å². The van der Waals surface area contributed by atoms with Crippen LogP contribution in [0.1, 0.15) is 11.3 Å². The average Bonchev–Trinajstić information content (AvgIpc) is 2.15. The maximum atomic E-state index is 4.03. The van der Waals surface area contributed by atoms with Gasteiger partial charge in [-0.2, -0.15) is 5.10 Å². The monoisotopic (exact) mass is 122 g/mol. The normalized spacial score (nSPS) is 9.56. The minimum Gasteiger partial charge on any atom is -0.272 e. The van der Waals surface area contributed by atoms with Crippen LogP contribution in [-0.4, -0.2) is 9.78 Å². The van der Waals surface area contributed by atoms with E-state index < -0.39 is 0 Å². The zero-order valence-corrected chi connectivity index (χ0v) is 5.76. The fraction of sp³-hybridized carbons (Fsp3) is 0.286. The molecule has 0 saturated carbocycles. The molecule has 9 heavy (non-hydrogen) atoms. The molecular formula is C7H10N2. The third-order valence-corrected chi connectivity index (χ3v) is 1.49. The lowest BCUT2D eigenvalue weighted by molar-refractivity contribution is 0.740. The molecule has 0 aliphatic rings. The Labute approximate surface area is 54.8 Å². The highest BCUT2D eigenvalue weighted by atomic mass is 15.3. The Hall–Kier alpha value is -1.05. The molecule has 0 aromatic carbocycles. The van der Waals surface area contributed by atoms with Crippen molar-refractivity contribution in [1.82, 2.24) is 9.78 Å². The summed E-state index contributed by atoms with van der Waals surface area (Å²) in [7, 11) is 1.92. The van der Waals surface area contributed by atoms with Crippen LogP contribution in [0.5, 0.6) is 0 Å². The molecule has 1 rings (SSSR count). The molecule has 2 nitrogen and oxygen atoms in total. The minimum absolute atomic E-state index is 1.11. The number of hydrogen-bond donors (Lipinski definition) is 0. The van der Waals surface area contributed by atoms with Crippen molar-refractivity contribution in [2.45, 2.75) is 6.92 Å². The fourth-order valence-electron chi connectivity index (χ4n) is 0.716. The summed E-state index contributed by atoms with van der Waals surface area (Å²) in [5.41, 5.74) is 2.27. The third kappa shape index (κ3) is 0.875. The highest BCUT2D eigenvalue weighted by Gasteiger charge is 1.96. The molecule has 0 fully saturated rings. The number of rotatable bonds is 1. The van der Waals surface area contributed by atoms with Crippen LogP contribution < -0.4 is 0 Å². The number of aryl methyl sites for hydroxylation is 1. The van der Waals surface area contributed by atoms with Crippen LogP contribution in [0.2, 0.25) is 0 Å². The standard InChI is InChI=1S/C7H10N2/c1-4-7-5-8-9(3)6(7)2/h4-5H,1H2,2-3H3. The van der Waals surface area contributed by atoms with E-state index in [2.05, 4.69) is 11.7 Å². The van der Waals surface area contributed by atoms with Gasteiger partial charge >= 0.3 is 0 Å². The van der Waals surface area contributed by atoms with E-state index in [1.54, 1.807) is 0 Å². The van der Waals surface area contributed by atoms with Gasteiger partial charge in [0.05, 0.1) is 6.20 Å². The molecule has 48 valence electrons. The first kappa shape index (κ1) is 6.08. The van der Waals surface area contributed by atoms with E-state index in [1.807, 2.05) is 30.9 Å². The Morgan fingerprint density at radius 2 is 2.44 bits per heavy atom. The predicted molar refractivity (Wildman–Crippen MR) is 38.0 cm³/mol. The molecule has 0 radical (unpaired) electrons. The second-order valence-electron chi connectivity index (χ2n) is 2.01. The molecule has 0 aliphatic heterocycles. The lowest BCUT2D eigenvalue weighted by Crippen LogP contribution is -1.91. The number of aromatic nitrogens is 2. The molecule has 0 unspecified atom stereocenters. The Morgan fingerprint density at radius 3 is 2.67 bits per heavy atom. The molecule has 0 amide bonds. The van der Waals surface area contributed by atoms with Gasteiger partial charge in [0.25, 0.3) is 0 Å². The van der Waals surface area contributed by atoms with Gasteiger partial charge < -0.3 is 0 Å². The summed E-state index contributed by atoms with van der Waals surface area (Å²) in [6, 6.07) is 0. The van der Waals surface area contributed by atoms with Crippen molar-refractivity contribution in [1.29, 1.82) is 0 Å². The van der Waals surface area contributed by atoms with Crippen molar-refractivity contribution in [2.75, 3.05) is 0 Å². The van der Waals surface area contributed by atoms with Crippen LogP contribution in [0, 0.1) is 6.92 Å². The van der Waals surface area contributed by atoms with Gasteiger partial charge in [-0.25, -0.2) is 0 Å². The third-order valence-electron chi connectivity index (χ3n) is 1.49. The predicted octanol–water partition coefficient (Wildman–Crippen LogP) is 1.37. The number of hydrogen-bond acceptors (Lipinski definition) is 1. The molecule has 0 aliphatic carbocycles. The van der Waals surface area contributed by atoms with Crippen LogP contribution in [0.3, 0.4) is 0 Å². The summed E-state index contributed by atoms with van der Waals surface area (Å²) in [5.74, 6) is 0. The summed E-state index contributed by atoms with van der Waals surface area (Å²) in [4.78, 5) is 0. The topological polar surface area (TPSA) is 17.8 Å². The van der Waals surface area contributed by atoms with Gasteiger partial charge in [-0.1, -0.05) is 12.7 Å². The van der Waals surface area contributed by atoms with Crippen molar-refractivity contribution in [3.8, 4) is 0 Å². The molecule has 2 heteroatoms. The van der Waals surface area contributed by atoms with Crippen molar-refractivity contribution in [3.05, 3.63) is 24.0 Å². The number of nitrogens with zero attached hydrogens (tertiary/aromatic N) is 2. The van der Waals surface area contributed by atoms with E-state index in [9.17, 15) is 0 Å². The lowest BCUT2D eigenvalue weighted by atomic mass is 10.3. The smallest absolute Gasteiger partial charge is 0.0564 e. The SMILES string of the molecule is C=Cc1cnn(C)c1C. The molecule has 1 aromatic rings. The largest absolute Gasteiger partial charge is 0.272 e. The molecule has 1 aromatic heterocycles. The van der Waals surface area contributed by atoms with E-state index in [4.69, 9.17) is 0 Å². The van der Waals surface area contributed by atoms with Crippen molar-refractivity contribution >= 4 is 6.08 Å². The average molecular weight is 122 g/mol. The Morgan fingerprint density at radius 1 is 1.78 bits per heavy atom. The maximum absolute atomic E-state index is 4.03. The quantitative estimate of drug-likeness (QED) is 0.550. The van der Waals surface area contributed by atoms with E-state index in [0.29, 0.717) is 0 Å². The lowest BCUT2D eigenvalue weighted by Gasteiger charge is -1.91. The maximum Gasteiger partial charge on any atom is 0.0564 e. The first-order valence-corrected chi connectivity index (χ1v) is 2.86. The van der Waals surface area contributed by atoms with Crippen LogP contribution in [-0.2, 0) is 7.05 Å². The van der Waals surface area contributed by atoms with Gasteiger partial charge in [0, 0.05) is 18.3 Å². The van der Waals surface area contributed by atoms with Crippen LogP contribution in [0.25, 0.3) is 6.08 Å². The molecule has 1 heterocycles. The van der Waals surface area contributed by atoms with Gasteiger partial charge in [-0.05, 0) is 6.92 Å². The highest BCUT2D eigenvalue weighted by Crippen LogP contribution is 2.05. The van der Waals surface area contributed by atoms with Crippen LogP contribution in [0.15, 0.2) is 12.8 Å². The summed E-state index contributed by atoms with van der Waals surface area (Å²) >= 11 is 0. The molecule has 0 N–H and O–H groups in total. The molecule has 0 saturated heterocycles. The second-order valence-corrected chi connectivity index (χ2v) is 2.01. The van der Waals surface area contributed by atoms with Gasteiger partial charge in [0.2, 0.25) is 0 Å². The van der Waals surface area contributed by atoms with E-state index in [0.717, 1.165) is 11.3 Å². The highest BCUT2D eigenvalue weighted by molar-refractivity contribution is 5.47. The van der Waals surface area contributed by atoms with Crippen LogP contribution in [0.4, 0.5) is 0 Å². The van der Waals surface area contributed by atoms with Gasteiger partial charge in [-0.15, -0.1) is 0 Å². The molecule has 0 spiro atoms. The van der Waals surface area contributed by atoms with Crippen molar-refractivity contribution < 1.29 is 0 Å². The fourth-order valence-corrected chi connectivity index (χ4v) is 0.716. The molecular weight excluding hydrogens is 112 g/mol. The second kappa shape index (κ2) is 2.05. The van der Waals surface area contributed by atoms with Gasteiger partial charge in [0.15, 0.2) is 0 Å². The van der Waals surface area contributed by atoms with E-state index in [1.165, 1.54) is 0 Å². The Balaban J connectivity index is 3.18. The first-order valence-electron chi connectivity index (χ1n) is 2.86. The minimum atomic E-state index is 1.11. The summed E-state index contributed by atoms with van der Waals surface area (Å²) in [5, 5.41) is 4.03. The molecule has 0 bridgehead atoms. The van der Waals surface area contributed by atoms with E-state index >= 15 is 0 Å².